The van der Waals surface area contributed by atoms with Crippen LogP contribution in [0.5, 0.6) is 5.88 Å². The predicted octanol–water partition coefficient (Wildman–Crippen LogP) is 2.58. The fourth-order valence-corrected chi connectivity index (χ4v) is 3.63. The van der Waals surface area contributed by atoms with E-state index in [2.05, 4.69) is 10.1 Å². The Morgan fingerprint density at radius 1 is 1.14 bits per heavy atom. The summed E-state index contributed by atoms with van der Waals surface area (Å²) in [6.45, 7) is 0. The van der Waals surface area contributed by atoms with Crippen molar-refractivity contribution in [2.24, 2.45) is 0 Å². The van der Waals surface area contributed by atoms with Crippen LogP contribution in [0.25, 0.3) is 5.82 Å². The van der Waals surface area contributed by atoms with Crippen LogP contribution in [0.1, 0.15) is 23.2 Å². The van der Waals surface area contributed by atoms with Crippen LogP contribution >= 0.6 is 11.6 Å². The van der Waals surface area contributed by atoms with Gasteiger partial charge in [0.15, 0.2) is 5.82 Å². The summed E-state index contributed by atoms with van der Waals surface area (Å²) in [5.41, 5.74) is -0.0634. The Kier molecular flexibility index (Phi) is 4.78. The summed E-state index contributed by atoms with van der Waals surface area (Å²) in [4.78, 5) is 16.5. The molecule has 8 nitrogen and oxygen atoms in total. The van der Waals surface area contributed by atoms with E-state index >= 15 is 0 Å². The van der Waals surface area contributed by atoms with E-state index in [0.29, 0.717) is 11.7 Å². The second-order valence-corrected chi connectivity index (χ2v) is 8.21. The number of amides is 1. The van der Waals surface area contributed by atoms with Crippen LogP contribution in [0, 0.1) is 0 Å². The molecule has 1 saturated carbocycles. The molecule has 0 saturated heterocycles. The Morgan fingerprint density at radius 3 is 2.57 bits per heavy atom. The fourth-order valence-electron chi connectivity index (χ4n) is 2.41. The zero-order chi connectivity index (χ0) is 19.7. The molecule has 1 aliphatic carbocycles. The van der Waals surface area contributed by atoms with Gasteiger partial charge in [-0.05, 0) is 37.1 Å². The Hall–Kier alpha value is -2.91. The number of carbonyl (C=O) groups excluding carboxylic acids is 1. The molecule has 0 spiro atoms. The number of rotatable bonds is 6. The molecule has 10 heteroatoms. The highest BCUT2D eigenvalue weighted by atomic mass is 35.5. The lowest BCUT2D eigenvalue weighted by Crippen LogP contribution is -2.31. The summed E-state index contributed by atoms with van der Waals surface area (Å²) < 4.78 is 33.6. The number of aromatic nitrogens is 3. The highest BCUT2D eigenvalue weighted by molar-refractivity contribution is 7.90. The first-order chi connectivity index (χ1) is 13.4. The van der Waals surface area contributed by atoms with E-state index in [1.54, 1.807) is 30.5 Å². The van der Waals surface area contributed by atoms with E-state index in [0.717, 1.165) is 12.8 Å². The van der Waals surface area contributed by atoms with Crippen molar-refractivity contribution in [3.8, 4) is 11.7 Å². The Bertz CT molecular complexity index is 1130. The van der Waals surface area contributed by atoms with Gasteiger partial charge in [-0.1, -0.05) is 29.8 Å². The van der Waals surface area contributed by atoms with Crippen molar-refractivity contribution in [3.63, 3.8) is 0 Å². The average molecular weight is 419 g/mol. The van der Waals surface area contributed by atoms with E-state index in [1.165, 1.54) is 28.9 Å². The monoisotopic (exact) mass is 418 g/mol. The molecule has 0 radical (unpaired) electrons. The molecule has 1 aromatic carbocycles. The standard InChI is InChI=1S/C18H15ClN4O4S/c19-17-14(18(24)22-28(25,26)13-4-2-1-3-5-13)8-9-15(20-17)23-11-10-16(21-23)27-12-6-7-12/h1-5,8-12H,6-7H2,(H,22,24). The van der Waals surface area contributed by atoms with Crippen LogP contribution in [0.15, 0.2) is 59.6 Å². The normalized spacial score (nSPS) is 13.9. The zero-order valence-corrected chi connectivity index (χ0v) is 16.0. The zero-order valence-electron chi connectivity index (χ0n) is 14.4. The average Bonchev–Trinajstić information content (AvgIpc) is 3.36. The fraction of sp³-hybridized carbons (Fsp3) is 0.167. The number of sulfonamides is 1. The van der Waals surface area contributed by atoms with Crippen LogP contribution in [-0.4, -0.2) is 35.2 Å². The number of halogens is 1. The molecule has 1 aliphatic rings. The third-order valence-electron chi connectivity index (χ3n) is 3.97. The van der Waals surface area contributed by atoms with Crippen molar-refractivity contribution in [3.05, 3.63) is 65.4 Å². The van der Waals surface area contributed by atoms with E-state index < -0.39 is 15.9 Å². The highest BCUT2D eigenvalue weighted by Crippen LogP contribution is 2.26. The second kappa shape index (κ2) is 7.25. The quantitative estimate of drug-likeness (QED) is 0.617. The molecule has 0 aliphatic heterocycles. The van der Waals surface area contributed by atoms with Crippen molar-refractivity contribution >= 4 is 27.5 Å². The molecule has 2 heterocycles. The first-order valence-corrected chi connectivity index (χ1v) is 10.3. The number of ether oxygens (including phenoxy) is 1. The van der Waals surface area contributed by atoms with Crippen molar-refractivity contribution in [2.75, 3.05) is 0 Å². The molecule has 3 aromatic rings. The van der Waals surface area contributed by atoms with Gasteiger partial charge in [0.2, 0.25) is 5.88 Å². The summed E-state index contributed by atoms with van der Waals surface area (Å²) >= 11 is 6.11. The first-order valence-electron chi connectivity index (χ1n) is 8.44. The number of hydrogen-bond acceptors (Lipinski definition) is 6. The molecule has 1 N–H and O–H groups in total. The molecule has 1 amide bonds. The van der Waals surface area contributed by atoms with Crippen LogP contribution in [0.2, 0.25) is 5.15 Å². The minimum Gasteiger partial charge on any atom is -0.473 e. The molecule has 0 atom stereocenters. The van der Waals surface area contributed by atoms with E-state index in [-0.39, 0.29) is 21.7 Å². The lowest BCUT2D eigenvalue weighted by Gasteiger charge is -2.09. The van der Waals surface area contributed by atoms with Crippen LogP contribution < -0.4 is 9.46 Å². The largest absolute Gasteiger partial charge is 0.473 e. The minimum absolute atomic E-state index is 0.0243. The van der Waals surface area contributed by atoms with Crippen molar-refractivity contribution in [2.45, 2.75) is 23.8 Å². The number of hydrogen-bond donors (Lipinski definition) is 1. The maximum absolute atomic E-state index is 12.4. The molecule has 0 bridgehead atoms. The second-order valence-electron chi connectivity index (χ2n) is 6.17. The molecular formula is C18H15ClN4O4S. The van der Waals surface area contributed by atoms with Crippen molar-refractivity contribution in [1.29, 1.82) is 0 Å². The lowest BCUT2D eigenvalue weighted by molar-refractivity contribution is 0.0981. The van der Waals surface area contributed by atoms with Gasteiger partial charge >= 0.3 is 0 Å². The first kappa shape index (κ1) is 18.5. The Morgan fingerprint density at radius 2 is 1.89 bits per heavy atom. The number of nitrogens with zero attached hydrogens (tertiary/aromatic N) is 3. The van der Waals surface area contributed by atoms with Gasteiger partial charge in [0, 0.05) is 12.3 Å². The predicted molar refractivity (Wildman–Crippen MR) is 101 cm³/mol. The maximum atomic E-state index is 12.4. The molecule has 1 fully saturated rings. The van der Waals surface area contributed by atoms with Gasteiger partial charge in [-0.3, -0.25) is 4.79 Å². The van der Waals surface area contributed by atoms with Gasteiger partial charge in [0.1, 0.15) is 11.3 Å². The van der Waals surface area contributed by atoms with Gasteiger partial charge in [-0.25, -0.2) is 22.8 Å². The summed E-state index contributed by atoms with van der Waals surface area (Å²) in [6, 6.07) is 12.2. The number of nitrogens with one attached hydrogen (secondary N) is 1. The van der Waals surface area contributed by atoms with Crippen molar-refractivity contribution < 1.29 is 17.9 Å². The van der Waals surface area contributed by atoms with Crippen LogP contribution in [0.3, 0.4) is 0 Å². The topological polar surface area (TPSA) is 103 Å². The lowest BCUT2D eigenvalue weighted by atomic mass is 10.3. The van der Waals surface area contributed by atoms with Crippen LogP contribution in [-0.2, 0) is 10.0 Å². The van der Waals surface area contributed by atoms with Gasteiger partial charge < -0.3 is 4.74 Å². The molecule has 4 rings (SSSR count). The van der Waals surface area contributed by atoms with E-state index in [9.17, 15) is 13.2 Å². The molecule has 144 valence electrons. The molecule has 0 unspecified atom stereocenters. The third kappa shape index (κ3) is 4.00. The summed E-state index contributed by atoms with van der Waals surface area (Å²) in [5.74, 6) is -0.0135. The summed E-state index contributed by atoms with van der Waals surface area (Å²) in [7, 11) is -4.01. The maximum Gasteiger partial charge on any atom is 0.268 e. The smallest absolute Gasteiger partial charge is 0.268 e. The molecular weight excluding hydrogens is 404 g/mol. The summed E-state index contributed by atoms with van der Waals surface area (Å²) in [5, 5.41) is 4.11. The van der Waals surface area contributed by atoms with Gasteiger partial charge in [0.25, 0.3) is 15.9 Å². The van der Waals surface area contributed by atoms with Crippen molar-refractivity contribution in [1.82, 2.24) is 19.5 Å². The molecule has 2 aromatic heterocycles. The number of carbonyl (C=O) groups is 1. The summed E-state index contributed by atoms with van der Waals surface area (Å²) in [6.07, 6.45) is 3.92. The number of benzene rings is 1. The van der Waals surface area contributed by atoms with E-state index in [1.807, 2.05) is 4.72 Å². The van der Waals surface area contributed by atoms with E-state index in [4.69, 9.17) is 16.3 Å². The number of pyridine rings is 1. The Labute approximate surface area is 166 Å². The third-order valence-corrected chi connectivity index (χ3v) is 5.61. The highest BCUT2D eigenvalue weighted by Gasteiger charge is 2.25. The molecule has 28 heavy (non-hydrogen) atoms. The van der Waals surface area contributed by atoms with Gasteiger partial charge in [-0.15, -0.1) is 5.10 Å². The minimum atomic E-state index is -4.01. The van der Waals surface area contributed by atoms with Crippen LogP contribution in [0.4, 0.5) is 0 Å². The SMILES string of the molecule is O=C(NS(=O)(=O)c1ccccc1)c1ccc(-n2ccc(OC3CC3)n2)nc1Cl. The van der Waals surface area contributed by atoms with Gasteiger partial charge in [-0.2, -0.15) is 0 Å². The van der Waals surface area contributed by atoms with Gasteiger partial charge in [0.05, 0.1) is 10.5 Å². The Balaban J connectivity index is 1.52.